The smallest absolute Gasteiger partial charge is 0.255 e. The summed E-state index contributed by atoms with van der Waals surface area (Å²) in [7, 11) is 3.30. The second-order valence-corrected chi connectivity index (χ2v) is 5.37. The minimum absolute atomic E-state index is 0.198. The summed E-state index contributed by atoms with van der Waals surface area (Å²) in [5.74, 6) is 0.814. The number of aromatic nitrogens is 3. The van der Waals surface area contributed by atoms with Crippen LogP contribution in [-0.2, 0) is 7.05 Å². The highest BCUT2D eigenvalue weighted by Gasteiger charge is 2.36. The van der Waals surface area contributed by atoms with Gasteiger partial charge >= 0.3 is 0 Å². The van der Waals surface area contributed by atoms with Gasteiger partial charge in [-0.3, -0.25) is 9.48 Å². The number of aryl methyl sites for hydroxylation is 1. The molecule has 2 atom stereocenters. The van der Waals surface area contributed by atoms with Gasteiger partial charge in [-0.25, -0.2) is 4.98 Å². The van der Waals surface area contributed by atoms with E-state index in [1.54, 1.807) is 41.2 Å². The summed E-state index contributed by atoms with van der Waals surface area (Å²) >= 11 is 0. The molecule has 1 aliphatic rings. The number of likely N-dealkylation sites (tertiary alicyclic amines) is 1. The van der Waals surface area contributed by atoms with E-state index in [-0.39, 0.29) is 12.5 Å². The maximum absolute atomic E-state index is 12.5. The van der Waals surface area contributed by atoms with Gasteiger partial charge in [0.25, 0.3) is 5.91 Å². The fraction of sp³-hybridized carbons (Fsp3) is 0.400. The Labute approximate surface area is 133 Å². The molecule has 0 spiro atoms. The lowest BCUT2D eigenvalue weighted by Crippen LogP contribution is -2.31. The molecule has 0 bridgehead atoms. The Balaban J connectivity index is 1.66. The van der Waals surface area contributed by atoms with Crippen LogP contribution < -0.4 is 9.47 Å². The number of pyridine rings is 1. The molecule has 8 nitrogen and oxygen atoms in total. The zero-order valence-corrected chi connectivity index (χ0v) is 12.9. The average molecular weight is 318 g/mol. The van der Waals surface area contributed by atoms with Crippen molar-refractivity contribution in [3.8, 4) is 11.6 Å². The first-order chi connectivity index (χ1) is 11.1. The van der Waals surface area contributed by atoms with Crippen molar-refractivity contribution in [2.24, 2.45) is 7.05 Å². The Kier molecular flexibility index (Phi) is 4.16. The van der Waals surface area contributed by atoms with Crippen LogP contribution in [-0.4, -0.2) is 63.1 Å². The number of aliphatic hydroxyl groups excluding tert-OH is 1. The largest absolute Gasteiger partial charge is 0.482 e. The van der Waals surface area contributed by atoms with E-state index in [1.807, 2.05) is 0 Å². The number of hydrogen-bond donors (Lipinski definition) is 1. The molecule has 122 valence electrons. The van der Waals surface area contributed by atoms with E-state index in [9.17, 15) is 9.90 Å². The van der Waals surface area contributed by atoms with Crippen molar-refractivity contribution >= 4 is 5.91 Å². The molecule has 3 heterocycles. The zero-order chi connectivity index (χ0) is 16.4. The Morgan fingerprint density at radius 1 is 1.35 bits per heavy atom. The number of carbonyl (C=O) groups excluding carboxylic acids is 1. The van der Waals surface area contributed by atoms with E-state index in [0.29, 0.717) is 23.7 Å². The van der Waals surface area contributed by atoms with Crippen LogP contribution in [0.3, 0.4) is 0 Å². The van der Waals surface area contributed by atoms with E-state index in [0.717, 1.165) is 0 Å². The lowest BCUT2D eigenvalue weighted by atomic mass is 10.2. The number of ether oxygens (including phenoxy) is 2. The van der Waals surface area contributed by atoms with Gasteiger partial charge in [0.05, 0.1) is 38.2 Å². The summed E-state index contributed by atoms with van der Waals surface area (Å²) in [6.45, 7) is 0.525. The first-order valence-electron chi connectivity index (χ1n) is 7.19. The molecule has 0 aliphatic carbocycles. The Morgan fingerprint density at radius 3 is 2.78 bits per heavy atom. The van der Waals surface area contributed by atoms with Gasteiger partial charge < -0.3 is 19.5 Å². The van der Waals surface area contributed by atoms with Gasteiger partial charge in [-0.2, -0.15) is 5.10 Å². The second-order valence-electron chi connectivity index (χ2n) is 5.37. The van der Waals surface area contributed by atoms with Crippen LogP contribution in [0.25, 0.3) is 0 Å². The maximum Gasteiger partial charge on any atom is 0.255 e. The summed E-state index contributed by atoms with van der Waals surface area (Å²) in [4.78, 5) is 18.0. The maximum atomic E-state index is 12.5. The Hall–Kier alpha value is -2.61. The minimum Gasteiger partial charge on any atom is -0.482 e. The molecule has 2 aromatic heterocycles. The molecule has 1 N–H and O–H groups in total. The van der Waals surface area contributed by atoms with Crippen molar-refractivity contribution < 1.29 is 19.4 Å². The fourth-order valence-corrected chi connectivity index (χ4v) is 2.48. The molecule has 0 radical (unpaired) electrons. The van der Waals surface area contributed by atoms with E-state index in [1.165, 1.54) is 13.3 Å². The van der Waals surface area contributed by atoms with Crippen LogP contribution in [0.5, 0.6) is 11.6 Å². The van der Waals surface area contributed by atoms with Crippen LogP contribution in [0.4, 0.5) is 0 Å². The molecular weight excluding hydrogens is 300 g/mol. The monoisotopic (exact) mass is 318 g/mol. The first-order valence-corrected chi connectivity index (χ1v) is 7.19. The highest BCUT2D eigenvalue weighted by atomic mass is 16.5. The summed E-state index contributed by atoms with van der Waals surface area (Å²) in [6, 6.07) is 3.28. The lowest BCUT2D eigenvalue weighted by molar-refractivity contribution is 0.0729. The molecule has 1 aliphatic heterocycles. The molecule has 2 aromatic rings. The molecule has 3 rings (SSSR count). The van der Waals surface area contributed by atoms with Gasteiger partial charge in [-0.05, 0) is 6.07 Å². The average Bonchev–Trinajstić information content (AvgIpc) is 3.13. The molecule has 1 amide bonds. The molecule has 23 heavy (non-hydrogen) atoms. The predicted molar refractivity (Wildman–Crippen MR) is 80.3 cm³/mol. The third-order valence-electron chi connectivity index (χ3n) is 3.69. The van der Waals surface area contributed by atoms with Crippen LogP contribution in [0.1, 0.15) is 10.4 Å². The highest BCUT2D eigenvalue weighted by Crippen LogP contribution is 2.20. The molecule has 0 saturated carbocycles. The summed E-state index contributed by atoms with van der Waals surface area (Å²) < 4.78 is 12.3. The van der Waals surface area contributed by atoms with Crippen molar-refractivity contribution in [3.63, 3.8) is 0 Å². The van der Waals surface area contributed by atoms with Gasteiger partial charge in [0.15, 0.2) is 5.75 Å². The van der Waals surface area contributed by atoms with E-state index >= 15 is 0 Å². The topological polar surface area (TPSA) is 89.7 Å². The third-order valence-corrected chi connectivity index (χ3v) is 3.69. The zero-order valence-electron chi connectivity index (χ0n) is 12.9. The molecule has 1 saturated heterocycles. The molecule has 0 aromatic carbocycles. The lowest BCUT2D eigenvalue weighted by Gasteiger charge is -2.16. The van der Waals surface area contributed by atoms with E-state index in [4.69, 9.17) is 9.47 Å². The predicted octanol–water partition coefficient (Wildman–Crippen LogP) is 0.0880. The Bertz CT molecular complexity index is 685. The van der Waals surface area contributed by atoms with Gasteiger partial charge in [-0.1, -0.05) is 0 Å². The second kappa shape index (κ2) is 6.25. The number of β-amino-alcohol motifs (C(OH)–C–C–N with tert-alkyl or cyclic N) is 1. The number of carbonyl (C=O) groups is 1. The standard InChI is InChI=1S/C15H18N4O4/c1-18-7-11(6-17-18)23-13-9-19(8-12(13)20)15(21)10-3-4-14(22-2)16-5-10/h3-7,12-13,20H,8-9H2,1-2H3/t12-,13-/m1/s1. The van der Waals surface area contributed by atoms with E-state index in [2.05, 4.69) is 10.1 Å². The van der Waals surface area contributed by atoms with E-state index < -0.39 is 12.2 Å². The van der Waals surface area contributed by atoms with Crippen LogP contribution in [0, 0.1) is 0 Å². The number of methoxy groups -OCH3 is 1. The first kappa shape index (κ1) is 15.3. The molecule has 0 unspecified atom stereocenters. The van der Waals surface area contributed by atoms with Crippen molar-refractivity contribution in [3.05, 3.63) is 36.3 Å². The van der Waals surface area contributed by atoms with Crippen molar-refractivity contribution in [2.75, 3.05) is 20.2 Å². The summed E-state index contributed by atoms with van der Waals surface area (Å²) in [6.07, 6.45) is 3.53. The molecule has 1 fully saturated rings. The van der Waals surface area contributed by atoms with Crippen molar-refractivity contribution in [1.82, 2.24) is 19.7 Å². The minimum atomic E-state index is -0.745. The number of hydrogen-bond acceptors (Lipinski definition) is 6. The number of aliphatic hydroxyl groups is 1. The summed E-state index contributed by atoms with van der Waals surface area (Å²) in [5.41, 5.74) is 0.444. The summed E-state index contributed by atoms with van der Waals surface area (Å²) in [5, 5.41) is 14.1. The number of nitrogens with zero attached hydrogens (tertiary/aromatic N) is 4. The van der Waals surface area contributed by atoms with Gasteiger partial charge in [-0.15, -0.1) is 0 Å². The van der Waals surface area contributed by atoms with Gasteiger partial charge in [0.2, 0.25) is 5.88 Å². The normalized spacial score (nSPS) is 20.6. The quantitative estimate of drug-likeness (QED) is 0.859. The van der Waals surface area contributed by atoms with Gasteiger partial charge in [0, 0.05) is 19.3 Å². The number of rotatable bonds is 4. The van der Waals surface area contributed by atoms with Crippen LogP contribution in [0.2, 0.25) is 0 Å². The SMILES string of the molecule is COc1ccc(C(=O)N2C[C@@H](O)[C@H](Oc3cnn(C)c3)C2)cn1. The Morgan fingerprint density at radius 2 is 2.17 bits per heavy atom. The molecular formula is C15H18N4O4. The fourth-order valence-electron chi connectivity index (χ4n) is 2.48. The molecule has 8 heteroatoms. The van der Waals surface area contributed by atoms with Crippen LogP contribution in [0.15, 0.2) is 30.7 Å². The highest BCUT2D eigenvalue weighted by molar-refractivity contribution is 5.94. The number of amides is 1. The van der Waals surface area contributed by atoms with Gasteiger partial charge in [0.1, 0.15) is 12.2 Å². The van der Waals surface area contributed by atoms with Crippen molar-refractivity contribution in [2.45, 2.75) is 12.2 Å². The third kappa shape index (κ3) is 3.26. The van der Waals surface area contributed by atoms with Crippen molar-refractivity contribution in [1.29, 1.82) is 0 Å². The van der Waals surface area contributed by atoms with Crippen LogP contribution >= 0.6 is 0 Å².